The summed E-state index contributed by atoms with van der Waals surface area (Å²) in [6.07, 6.45) is 5.44. The Morgan fingerprint density at radius 3 is 2.52 bits per heavy atom. The van der Waals surface area contributed by atoms with Crippen LogP contribution in [0.5, 0.6) is 5.75 Å². The summed E-state index contributed by atoms with van der Waals surface area (Å²) in [5, 5.41) is 9.85. The van der Waals surface area contributed by atoms with Crippen molar-refractivity contribution in [3.8, 4) is 5.75 Å². The molecule has 1 aromatic carbocycles. The standard InChI is InChI=1S/C22H30FNO3/c1-3-27-19-9-16(8-18(23)10-19)15-4-6-22(7-5-15)13-24(14-22)20(25)17-11-21(2,26)12-17/h8-10,15,17,26H,3-7,11-14H2,1-2H3. The van der Waals surface area contributed by atoms with Gasteiger partial charge in [-0.1, -0.05) is 0 Å². The second-order valence-electron chi connectivity index (χ2n) is 9.22. The fourth-order valence-electron chi connectivity index (χ4n) is 5.30. The fourth-order valence-corrected chi connectivity index (χ4v) is 5.30. The molecule has 27 heavy (non-hydrogen) atoms. The predicted molar refractivity (Wildman–Crippen MR) is 101 cm³/mol. The Hall–Kier alpha value is -1.62. The molecule has 0 atom stereocenters. The normalized spacial score (nSPS) is 29.9. The summed E-state index contributed by atoms with van der Waals surface area (Å²) in [5.41, 5.74) is 0.651. The fraction of sp³-hybridized carbons (Fsp3) is 0.682. The number of nitrogens with zero attached hydrogens (tertiary/aromatic N) is 1. The summed E-state index contributed by atoms with van der Waals surface area (Å²) >= 11 is 0. The van der Waals surface area contributed by atoms with Gasteiger partial charge in [-0.05, 0) is 76.0 Å². The number of benzene rings is 1. The Bertz CT molecular complexity index is 708. The zero-order valence-corrected chi connectivity index (χ0v) is 16.3. The summed E-state index contributed by atoms with van der Waals surface area (Å²) in [6.45, 7) is 5.95. The van der Waals surface area contributed by atoms with E-state index in [0.29, 0.717) is 31.1 Å². The third-order valence-electron chi connectivity index (χ3n) is 6.81. The molecule has 1 aliphatic heterocycles. The molecule has 0 aromatic heterocycles. The van der Waals surface area contributed by atoms with Crippen LogP contribution in [0, 0.1) is 17.2 Å². The number of hydrogen-bond donors (Lipinski definition) is 1. The van der Waals surface area contributed by atoms with E-state index in [1.807, 2.05) is 17.9 Å². The van der Waals surface area contributed by atoms with E-state index in [-0.39, 0.29) is 23.1 Å². The summed E-state index contributed by atoms with van der Waals surface area (Å²) in [7, 11) is 0. The van der Waals surface area contributed by atoms with Crippen molar-refractivity contribution in [2.24, 2.45) is 11.3 Å². The van der Waals surface area contributed by atoms with E-state index in [9.17, 15) is 14.3 Å². The van der Waals surface area contributed by atoms with E-state index in [2.05, 4.69) is 0 Å². The van der Waals surface area contributed by atoms with E-state index in [0.717, 1.165) is 44.3 Å². The van der Waals surface area contributed by atoms with Crippen LogP contribution < -0.4 is 4.74 Å². The smallest absolute Gasteiger partial charge is 0.225 e. The summed E-state index contributed by atoms with van der Waals surface area (Å²) < 4.78 is 19.4. The Morgan fingerprint density at radius 2 is 1.93 bits per heavy atom. The quantitative estimate of drug-likeness (QED) is 0.869. The summed E-state index contributed by atoms with van der Waals surface area (Å²) in [6, 6.07) is 5.07. The lowest BCUT2D eigenvalue weighted by atomic mass is 9.63. The highest BCUT2D eigenvalue weighted by molar-refractivity contribution is 5.81. The van der Waals surface area contributed by atoms with E-state index < -0.39 is 5.60 Å². The van der Waals surface area contributed by atoms with Gasteiger partial charge in [-0.25, -0.2) is 4.39 Å². The number of aliphatic hydroxyl groups is 1. The van der Waals surface area contributed by atoms with Crippen molar-refractivity contribution in [3.05, 3.63) is 29.6 Å². The molecule has 148 valence electrons. The van der Waals surface area contributed by atoms with Crippen molar-refractivity contribution < 1.29 is 19.0 Å². The molecule has 5 heteroatoms. The molecule has 1 spiro atoms. The second-order valence-corrected chi connectivity index (χ2v) is 9.22. The lowest BCUT2D eigenvalue weighted by Crippen LogP contribution is -2.62. The molecule has 3 aliphatic rings. The van der Waals surface area contributed by atoms with Crippen molar-refractivity contribution in [2.45, 2.75) is 63.9 Å². The molecule has 4 nitrogen and oxygen atoms in total. The number of hydrogen-bond acceptors (Lipinski definition) is 3. The number of rotatable bonds is 4. The summed E-state index contributed by atoms with van der Waals surface area (Å²) in [5.74, 6) is 0.994. The molecule has 1 N–H and O–H groups in total. The topological polar surface area (TPSA) is 49.8 Å². The number of carbonyl (C=O) groups excluding carboxylic acids is 1. The average Bonchev–Trinajstić information content (AvgIpc) is 2.57. The average molecular weight is 375 g/mol. The number of amides is 1. The van der Waals surface area contributed by atoms with E-state index >= 15 is 0 Å². The van der Waals surface area contributed by atoms with Gasteiger partial charge in [-0.3, -0.25) is 4.79 Å². The number of ether oxygens (including phenoxy) is 1. The van der Waals surface area contributed by atoms with E-state index in [1.54, 1.807) is 13.0 Å². The maximum atomic E-state index is 13.9. The molecule has 1 heterocycles. The molecular weight excluding hydrogens is 345 g/mol. The molecule has 2 saturated carbocycles. The van der Waals surface area contributed by atoms with Crippen LogP contribution in [-0.4, -0.2) is 41.2 Å². The van der Waals surface area contributed by atoms with Crippen molar-refractivity contribution >= 4 is 5.91 Å². The Morgan fingerprint density at radius 1 is 1.26 bits per heavy atom. The Kier molecular flexibility index (Phi) is 4.69. The van der Waals surface area contributed by atoms with E-state index in [4.69, 9.17) is 4.74 Å². The minimum absolute atomic E-state index is 0.0120. The Balaban J connectivity index is 1.31. The molecule has 0 radical (unpaired) electrons. The minimum Gasteiger partial charge on any atom is -0.494 e. The zero-order valence-electron chi connectivity index (χ0n) is 16.3. The highest BCUT2D eigenvalue weighted by Gasteiger charge is 2.51. The number of likely N-dealkylation sites (tertiary alicyclic amines) is 1. The van der Waals surface area contributed by atoms with Gasteiger partial charge >= 0.3 is 0 Å². The first kappa shape index (κ1) is 18.7. The predicted octanol–water partition coefficient (Wildman–Crippen LogP) is 3.87. The molecule has 0 bridgehead atoms. The summed E-state index contributed by atoms with van der Waals surface area (Å²) in [4.78, 5) is 14.5. The van der Waals surface area contributed by atoms with Crippen molar-refractivity contribution in [1.29, 1.82) is 0 Å². The van der Waals surface area contributed by atoms with Gasteiger partial charge < -0.3 is 14.7 Å². The van der Waals surface area contributed by atoms with Gasteiger partial charge in [0.2, 0.25) is 5.91 Å². The first-order chi connectivity index (χ1) is 12.8. The van der Waals surface area contributed by atoms with Crippen molar-refractivity contribution in [2.75, 3.05) is 19.7 Å². The van der Waals surface area contributed by atoms with Crippen LogP contribution in [-0.2, 0) is 4.79 Å². The third kappa shape index (κ3) is 3.71. The van der Waals surface area contributed by atoms with Gasteiger partial charge in [0.05, 0.1) is 12.2 Å². The van der Waals surface area contributed by atoms with Crippen LogP contribution in [0.15, 0.2) is 18.2 Å². The van der Waals surface area contributed by atoms with Crippen molar-refractivity contribution in [1.82, 2.24) is 4.90 Å². The highest BCUT2D eigenvalue weighted by Crippen LogP contribution is 2.50. The molecule has 4 rings (SSSR count). The SMILES string of the molecule is CCOc1cc(F)cc(C2CCC3(CC2)CN(C(=O)C2CC(C)(O)C2)C3)c1. The maximum Gasteiger partial charge on any atom is 0.225 e. The molecule has 2 aliphatic carbocycles. The molecule has 1 saturated heterocycles. The van der Waals surface area contributed by atoms with Gasteiger partial charge in [0.25, 0.3) is 0 Å². The van der Waals surface area contributed by atoms with E-state index in [1.165, 1.54) is 6.07 Å². The van der Waals surface area contributed by atoms with Gasteiger partial charge in [-0.2, -0.15) is 0 Å². The van der Waals surface area contributed by atoms with Crippen LogP contribution in [0.3, 0.4) is 0 Å². The molecular formula is C22H30FNO3. The van der Waals surface area contributed by atoms with Crippen LogP contribution in [0.25, 0.3) is 0 Å². The first-order valence-corrected chi connectivity index (χ1v) is 10.2. The zero-order chi connectivity index (χ0) is 19.2. The largest absolute Gasteiger partial charge is 0.494 e. The maximum absolute atomic E-state index is 13.9. The number of carbonyl (C=O) groups is 1. The van der Waals surface area contributed by atoms with Crippen molar-refractivity contribution in [3.63, 3.8) is 0 Å². The van der Waals surface area contributed by atoms with Gasteiger partial charge in [-0.15, -0.1) is 0 Å². The molecule has 3 fully saturated rings. The second kappa shape index (κ2) is 6.77. The minimum atomic E-state index is -0.647. The van der Waals surface area contributed by atoms with Gasteiger partial charge in [0, 0.05) is 30.5 Å². The van der Waals surface area contributed by atoms with Crippen LogP contribution in [0.2, 0.25) is 0 Å². The highest BCUT2D eigenvalue weighted by atomic mass is 19.1. The van der Waals surface area contributed by atoms with Crippen LogP contribution in [0.1, 0.15) is 63.9 Å². The van der Waals surface area contributed by atoms with Gasteiger partial charge in [0.1, 0.15) is 11.6 Å². The van der Waals surface area contributed by atoms with Crippen LogP contribution in [0.4, 0.5) is 4.39 Å². The first-order valence-electron chi connectivity index (χ1n) is 10.2. The molecule has 1 aromatic rings. The lowest BCUT2D eigenvalue weighted by Gasteiger charge is -2.55. The molecule has 1 amide bonds. The Labute approximate surface area is 160 Å². The lowest BCUT2D eigenvalue weighted by molar-refractivity contribution is -0.163. The molecule has 0 unspecified atom stereocenters. The van der Waals surface area contributed by atoms with Gasteiger partial charge in [0.15, 0.2) is 0 Å². The van der Waals surface area contributed by atoms with Crippen LogP contribution >= 0.6 is 0 Å². The third-order valence-corrected chi connectivity index (χ3v) is 6.81. The monoisotopic (exact) mass is 375 g/mol. The number of halogens is 1.